The van der Waals surface area contributed by atoms with Gasteiger partial charge in [-0.2, -0.15) is 13.4 Å². The summed E-state index contributed by atoms with van der Waals surface area (Å²) in [5.41, 5.74) is 13.0. The number of guanidine groups is 1. The lowest BCUT2D eigenvalue weighted by molar-refractivity contribution is -0.114. The fourth-order valence-electron chi connectivity index (χ4n) is 2.88. The minimum atomic E-state index is -3.78. The monoisotopic (exact) mass is 480 g/mol. The maximum atomic E-state index is 13.2. The van der Waals surface area contributed by atoms with Crippen LogP contribution in [-0.4, -0.2) is 46.1 Å². The maximum Gasteiger partial charge on any atom is 0.276 e. The van der Waals surface area contributed by atoms with Gasteiger partial charge in [-0.25, -0.2) is 8.42 Å². The second kappa shape index (κ2) is 9.94. The van der Waals surface area contributed by atoms with Crippen LogP contribution in [0.5, 0.6) is 0 Å². The van der Waals surface area contributed by atoms with E-state index in [1.54, 1.807) is 54.6 Å². The Morgan fingerprint density at radius 3 is 2.16 bits per heavy atom. The first kappa shape index (κ1) is 25.0. The summed E-state index contributed by atoms with van der Waals surface area (Å²) in [6.45, 7) is 1.99. The molecule has 1 amide bonds. The Hall–Kier alpha value is -3.22. The molecule has 0 bridgehead atoms. The van der Waals surface area contributed by atoms with E-state index in [0.717, 1.165) is 5.56 Å². The van der Waals surface area contributed by atoms with Gasteiger partial charge in [-0.3, -0.25) is 13.7 Å². The van der Waals surface area contributed by atoms with Crippen LogP contribution in [0.4, 0.5) is 5.69 Å². The number of anilines is 1. The highest BCUT2D eigenvalue weighted by Crippen LogP contribution is 2.32. The molecular weight excluding hydrogens is 456 g/mol. The van der Waals surface area contributed by atoms with Crippen molar-refractivity contribution in [3.63, 3.8) is 0 Å². The van der Waals surface area contributed by atoms with Gasteiger partial charge in [0.15, 0.2) is 5.96 Å². The molecule has 0 fully saturated rings. The average molecular weight is 481 g/mol. The van der Waals surface area contributed by atoms with E-state index in [-0.39, 0.29) is 23.8 Å². The number of carbonyl (C=O) groups excluding carboxylic acids is 1. The molecule has 0 unspecified atom stereocenters. The van der Waals surface area contributed by atoms with Gasteiger partial charge in [0.1, 0.15) is 0 Å². The second-order valence-corrected chi connectivity index (χ2v) is 10.3. The summed E-state index contributed by atoms with van der Waals surface area (Å²) in [5.74, 6) is -0.901. The number of carbonyl (C=O) groups is 1. The fraction of sp³-hybridized carbons (Fsp3) is 0.200. The molecule has 12 heteroatoms. The lowest BCUT2D eigenvalue weighted by Gasteiger charge is -2.24. The highest BCUT2D eigenvalue weighted by molar-refractivity contribution is 7.92. The lowest BCUT2D eigenvalue weighted by Crippen LogP contribution is -2.32. The number of amides is 1. The van der Waals surface area contributed by atoms with Crippen molar-refractivity contribution in [1.29, 1.82) is 0 Å². The van der Waals surface area contributed by atoms with Crippen molar-refractivity contribution in [1.82, 2.24) is 0 Å². The van der Waals surface area contributed by atoms with Crippen LogP contribution in [0, 0.1) is 6.92 Å². The zero-order valence-corrected chi connectivity index (χ0v) is 19.1. The van der Waals surface area contributed by atoms with Crippen LogP contribution < -0.4 is 15.8 Å². The standard InChI is InChI=1S/C19H20N4O3S.CH4O3S/c1-13-6-8-16(9-7-13)27(25,26)23-11-10-15(18(24)22-19(20)21)12-14-4-2-3-5-17(14)23;1-5(2,3)4/h2-9,12H,10-11H2,1H3,(H4,20,21,22,24);1H3,(H,2,3,4). The molecule has 10 nitrogen and oxygen atoms in total. The number of sulfonamides is 1. The van der Waals surface area contributed by atoms with Gasteiger partial charge >= 0.3 is 0 Å². The zero-order valence-electron chi connectivity index (χ0n) is 17.5. The normalized spacial score (nSPS) is 13.6. The number of para-hydroxylation sites is 1. The molecule has 1 aliphatic rings. The molecule has 1 heterocycles. The van der Waals surface area contributed by atoms with E-state index in [2.05, 4.69) is 4.99 Å². The first-order chi connectivity index (χ1) is 14.8. The number of hydrogen-bond acceptors (Lipinski definition) is 5. The molecule has 32 heavy (non-hydrogen) atoms. The van der Waals surface area contributed by atoms with Crippen molar-refractivity contribution >= 4 is 43.8 Å². The molecule has 172 valence electrons. The molecule has 0 aliphatic carbocycles. The summed E-state index contributed by atoms with van der Waals surface area (Å²) in [5, 5.41) is 0. The molecular formula is C20H24N4O6S2. The number of nitrogens with two attached hydrogens (primary N) is 2. The topological polar surface area (TPSA) is 173 Å². The van der Waals surface area contributed by atoms with E-state index in [9.17, 15) is 21.6 Å². The molecule has 0 atom stereocenters. The van der Waals surface area contributed by atoms with Crippen LogP contribution in [0.1, 0.15) is 17.5 Å². The molecule has 0 spiro atoms. The predicted molar refractivity (Wildman–Crippen MR) is 123 cm³/mol. The SMILES string of the molecule is CS(=O)(=O)O.Cc1ccc(S(=O)(=O)N2CCC(C(=O)N=C(N)N)=Cc3ccccc32)cc1. The number of rotatable bonds is 3. The molecule has 0 aromatic heterocycles. The number of fused-ring (bicyclic) bond motifs is 1. The molecule has 1 aliphatic heterocycles. The maximum absolute atomic E-state index is 13.2. The number of nitrogens with zero attached hydrogens (tertiary/aromatic N) is 2. The van der Waals surface area contributed by atoms with Gasteiger partial charge in [-0.15, -0.1) is 0 Å². The molecule has 3 rings (SSSR count). The molecule has 2 aromatic carbocycles. The Kier molecular flexibility index (Phi) is 7.78. The van der Waals surface area contributed by atoms with E-state index in [1.165, 1.54) is 4.31 Å². The van der Waals surface area contributed by atoms with Gasteiger partial charge in [0.25, 0.3) is 26.0 Å². The van der Waals surface area contributed by atoms with Crippen LogP contribution in [0.15, 0.2) is 64.0 Å². The van der Waals surface area contributed by atoms with Crippen molar-refractivity contribution in [2.45, 2.75) is 18.2 Å². The molecule has 0 saturated heterocycles. The highest BCUT2D eigenvalue weighted by atomic mass is 32.2. The lowest BCUT2D eigenvalue weighted by atomic mass is 10.1. The summed E-state index contributed by atoms with van der Waals surface area (Å²) >= 11 is 0. The summed E-state index contributed by atoms with van der Waals surface area (Å²) in [6.07, 6.45) is 2.54. The minimum absolute atomic E-state index is 0.102. The van der Waals surface area contributed by atoms with Gasteiger partial charge < -0.3 is 11.5 Å². The van der Waals surface area contributed by atoms with E-state index < -0.39 is 26.0 Å². The van der Waals surface area contributed by atoms with Gasteiger partial charge in [0, 0.05) is 12.1 Å². The van der Waals surface area contributed by atoms with E-state index in [0.29, 0.717) is 23.1 Å². The number of hydrogen-bond donors (Lipinski definition) is 3. The molecule has 0 saturated carbocycles. The van der Waals surface area contributed by atoms with Crippen LogP contribution in [0.2, 0.25) is 0 Å². The number of aliphatic imine (C=N–C) groups is 1. The fourth-order valence-corrected chi connectivity index (χ4v) is 4.38. The van der Waals surface area contributed by atoms with Gasteiger partial charge in [0.2, 0.25) is 0 Å². The van der Waals surface area contributed by atoms with Crippen molar-refractivity contribution in [2.75, 3.05) is 17.1 Å². The van der Waals surface area contributed by atoms with Gasteiger partial charge in [-0.1, -0.05) is 35.9 Å². The summed E-state index contributed by atoms with van der Waals surface area (Å²) in [4.78, 5) is 16.0. The van der Waals surface area contributed by atoms with Crippen LogP contribution in [0.3, 0.4) is 0 Å². The average Bonchev–Trinajstić information content (AvgIpc) is 2.87. The summed E-state index contributed by atoms with van der Waals surface area (Å²) in [7, 11) is -7.45. The quantitative estimate of drug-likeness (QED) is 0.335. The third-order valence-electron chi connectivity index (χ3n) is 4.23. The molecule has 5 N–H and O–H groups in total. The Bertz CT molecular complexity index is 1260. The van der Waals surface area contributed by atoms with Crippen LogP contribution in [0.25, 0.3) is 6.08 Å². The van der Waals surface area contributed by atoms with Crippen molar-refractivity contribution in [2.24, 2.45) is 16.5 Å². The Labute approximate surface area is 187 Å². The first-order valence-corrected chi connectivity index (χ1v) is 12.5. The second-order valence-electron chi connectivity index (χ2n) is 6.94. The van der Waals surface area contributed by atoms with Crippen molar-refractivity contribution in [3.8, 4) is 0 Å². The minimum Gasteiger partial charge on any atom is -0.370 e. The van der Waals surface area contributed by atoms with E-state index in [4.69, 9.17) is 16.0 Å². The van der Waals surface area contributed by atoms with Crippen molar-refractivity contribution in [3.05, 3.63) is 65.2 Å². The number of aryl methyl sites for hydroxylation is 1. The Morgan fingerprint density at radius 2 is 1.59 bits per heavy atom. The van der Waals surface area contributed by atoms with Gasteiger partial charge in [-0.05, 0) is 43.2 Å². The van der Waals surface area contributed by atoms with Crippen LogP contribution >= 0.6 is 0 Å². The first-order valence-electron chi connectivity index (χ1n) is 9.24. The van der Waals surface area contributed by atoms with E-state index in [1.807, 2.05) is 6.92 Å². The largest absolute Gasteiger partial charge is 0.370 e. The summed E-state index contributed by atoms with van der Waals surface area (Å²) < 4.78 is 53.6. The van der Waals surface area contributed by atoms with Gasteiger partial charge in [0.05, 0.1) is 16.8 Å². The summed E-state index contributed by atoms with van der Waals surface area (Å²) in [6, 6.07) is 13.7. The smallest absolute Gasteiger partial charge is 0.276 e. The zero-order chi connectivity index (χ0) is 24.1. The number of benzene rings is 2. The molecule has 0 radical (unpaired) electrons. The predicted octanol–water partition coefficient (Wildman–Crippen LogP) is 1.28. The molecule has 2 aromatic rings. The highest BCUT2D eigenvalue weighted by Gasteiger charge is 2.29. The third-order valence-corrected chi connectivity index (χ3v) is 6.06. The third kappa shape index (κ3) is 6.90. The van der Waals surface area contributed by atoms with E-state index >= 15 is 0 Å². The Balaban J connectivity index is 0.000000654. The van der Waals surface area contributed by atoms with Crippen molar-refractivity contribution < 1.29 is 26.2 Å². The van der Waals surface area contributed by atoms with Crippen LogP contribution in [-0.2, 0) is 24.9 Å². The Morgan fingerprint density at radius 1 is 1.03 bits per heavy atom.